The highest BCUT2D eigenvalue weighted by molar-refractivity contribution is 5.75. The largest absolute Gasteiger partial charge is 0.508 e. The monoisotopic (exact) mass is 276 g/mol. The van der Waals surface area contributed by atoms with Gasteiger partial charge in [0.15, 0.2) is 0 Å². The fourth-order valence-electron chi connectivity index (χ4n) is 3.03. The van der Waals surface area contributed by atoms with E-state index in [1.165, 1.54) is 37.7 Å². The van der Waals surface area contributed by atoms with E-state index in [-0.39, 0.29) is 5.91 Å². The Bertz CT molecular complexity index is 454. The molecule has 0 unspecified atom stereocenters. The minimum atomic E-state index is -0.128. The van der Waals surface area contributed by atoms with Gasteiger partial charge in [0.1, 0.15) is 5.75 Å². The Labute approximate surface area is 120 Å². The number of nitrogens with one attached hydrogen (secondary N) is 1. The Morgan fingerprint density at radius 3 is 2.75 bits per heavy atom. The number of benzene rings is 1. The Hall–Kier alpha value is -1.55. The number of nitrogens with two attached hydrogens (primary N) is 1. The first-order valence-corrected chi connectivity index (χ1v) is 7.52. The summed E-state index contributed by atoms with van der Waals surface area (Å²) in [5.41, 5.74) is 4.42. The molecular formula is C16H24N2O2. The van der Waals surface area contributed by atoms with Crippen molar-refractivity contribution >= 4 is 5.91 Å². The molecule has 0 heterocycles. The molecule has 4 N–H and O–H groups in total. The third-order valence-electron chi connectivity index (χ3n) is 4.17. The molecule has 4 heteroatoms. The van der Waals surface area contributed by atoms with Crippen LogP contribution in [0.1, 0.15) is 62.0 Å². The number of aryl methyl sites for hydroxylation is 1. The number of amides is 1. The molecule has 1 aliphatic rings. The fraction of sp³-hybridized carbons (Fsp3) is 0.562. The number of carbonyl (C=O) groups excluding carboxylic acids is 1. The lowest BCUT2D eigenvalue weighted by Gasteiger charge is -2.23. The summed E-state index contributed by atoms with van der Waals surface area (Å²) in [6.07, 6.45) is 8.22. The van der Waals surface area contributed by atoms with Gasteiger partial charge in [0.2, 0.25) is 5.91 Å². The van der Waals surface area contributed by atoms with Gasteiger partial charge in [-0.1, -0.05) is 31.4 Å². The molecule has 110 valence electrons. The summed E-state index contributed by atoms with van der Waals surface area (Å²) in [6.45, 7) is 0. The SMILES string of the molecule is NNC(=O)CCCc1ccc(O)c(C2CCCCC2)c1. The number of hydrazine groups is 1. The lowest BCUT2D eigenvalue weighted by molar-refractivity contribution is -0.121. The molecule has 1 aromatic rings. The van der Waals surface area contributed by atoms with E-state index in [1.807, 2.05) is 6.07 Å². The van der Waals surface area contributed by atoms with Gasteiger partial charge in [0, 0.05) is 6.42 Å². The van der Waals surface area contributed by atoms with E-state index < -0.39 is 0 Å². The van der Waals surface area contributed by atoms with Crippen molar-refractivity contribution in [3.8, 4) is 5.75 Å². The summed E-state index contributed by atoms with van der Waals surface area (Å²) in [7, 11) is 0. The summed E-state index contributed by atoms with van der Waals surface area (Å²) >= 11 is 0. The molecule has 0 spiro atoms. The first-order valence-electron chi connectivity index (χ1n) is 7.52. The molecule has 1 aliphatic carbocycles. The number of aromatic hydroxyl groups is 1. The third kappa shape index (κ3) is 3.97. The van der Waals surface area contributed by atoms with Gasteiger partial charge in [-0.2, -0.15) is 0 Å². The molecule has 2 rings (SSSR count). The highest BCUT2D eigenvalue weighted by atomic mass is 16.3. The molecule has 0 atom stereocenters. The predicted octanol–water partition coefficient (Wildman–Crippen LogP) is 2.75. The number of hydrogen-bond donors (Lipinski definition) is 3. The van der Waals surface area contributed by atoms with E-state index in [2.05, 4.69) is 11.5 Å². The zero-order chi connectivity index (χ0) is 14.4. The van der Waals surface area contributed by atoms with Gasteiger partial charge in [-0.15, -0.1) is 0 Å². The van der Waals surface area contributed by atoms with E-state index >= 15 is 0 Å². The number of phenols is 1. The zero-order valence-corrected chi connectivity index (χ0v) is 11.9. The highest BCUT2D eigenvalue weighted by Crippen LogP contribution is 2.37. The highest BCUT2D eigenvalue weighted by Gasteiger charge is 2.18. The van der Waals surface area contributed by atoms with Gasteiger partial charge in [-0.05, 0) is 48.8 Å². The van der Waals surface area contributed by atoms with E-state index in [1.54, 1.807) is 6.07 Å². The van der Waals surface area contributed by atoms with Crippen LogP contribution < -0.4 is 11.3 Å². The average molecular weight is 276 g/mol. The van der Waals surface area contributed by atoms with Gasteiger partial charge in [0.25, 0.3) is 0 Å². The van der Waals surface area contributed by atoms with Crippen molar-refractivity contribution in [2.24, 2.45) is 5.84 Å². The summed E-state index contributed by atoms with van der Waals surface area (Å²) in [6, 6.07) is 5.86. The maximum absolute atomic E-state index is 11.1. The van der Waals surface area contributed by atoms with Crippen molar-refractivity contribution < 1.29 is 9.90 Å². The Balaban J connectivity index is 1.98. The molecule has 20 heavy (non-hydrogen) atoms. The van der Waals surface area contributed by atoms with Crippen molar-refractivity contribution in [2.45, 2.75) is 57.3 Å². The van der Waals surface area contributed by atoms with Crippen LogP contribution in [-0.2, 0) is 11.2 Å². The van der Waals surface area contributed by atoms with Crippen LogP contribution in [0.5, 0.6) is 5.75 Å². The summed E-state index contributed by atoms with van der Waals surface area (Å²) in [5.74, 6) is 5.85. The molecular weight excluding hydrogens is 252 g/mol. The lowest BCUT2D eigenvalue weighted by atomic mass is 9.83. The zero-order valence-electron chi connectivity index (χ0n) is 11.9. The minimum Gasteiger partial charge on any atom is -0.508 e. The van der Waals surface area contributed by atoms with Crippen LogP contribution in [0.2, 0.25) is 0 Å². The molecule has 0 radical (unpaired) electrons. The molecule has 4 nitrogen and oxygen atoms in total. The van der Waals surface area contributed by atoms with Crippen molar-refractivity contribution in [3.63, 3.8) is 0 Å². The second-order valence-electron chi connectivity index (χ2n) is 5.65. The van der Waals surface area contributed by atoms with Crippen molar-refractivity contribution in [1.82, 2.24) is 5.43 Å². The van der Waals surface area contributed by atoms with Crippen LogP contribution in [0.15, 0.2) is 18.2 Å². The van der Waals surface area contributed by atoms with E-state index in [0.717, 1.165) is 18.4 Å². The molecule has 0 bridgehead atoms. The van der Waals surface area contributed by atoms with Gasteiger partial charge in [0.05, 0.1) is 0 Å². The summed E-state index contributed by atoms with van der Waals surface area (Å²) in [5, 5.41) is 10.1. The molecule has 0 aromatic heterocycles. The average Bonchev–Trinajstić information content (AvgIpc) is 2.49. The summed E-state index contributed by atoms with van der Waals surface area (Å²) in [4.78, 5) is 11.1. The third-order valence-corrected chi connectivity index (χ3v) is 4.17. The fourth-order valence-corrected chi connectivity index (χ4v) is 3.03. The molecule has 1 amide bonds. The predicted molar refractivity (Wildman–Crippen MR) is 79.2 cm³/mol. The topological polar surface area (TPSA) is 75.3 Å². The number of phenolic OH excluding ortho intramolecular Hbond substituents is 1. The Morgan fingerprint density at radius 2 is 2.05 bits per heavy atom. The normalized spacial score (nSPS) is 16.1. The van der Waals surface area contributed by atoms with Crippen molar-refractivity contribution in [3.05, 3.63) is 29.3 Å². The van der Waals surface area contributed by atoms with Crippen LogP contribution in [0, 0.1) is 0 Å². The second-order valence-corrected chi connectivity index (χ2v) is 5.65. The number of hydrogen-bond acceptors (Lipinski definition) is 3. The maximum Gasteiger partial charge on any atom is 0.233 e. The molecule has 0 saturated heterocycles. The van der Waals surface area contributed by atoms with Gasteiger partial charge >= 0.3 is 0 Å². The first-order chi connectivity index (χ1) is 9.70. The Kier molecular flexibility index (Phi) is 5.41. The van der Waals surface area contributed by atoms with Gasteiger partial charge in [-0.25, -0.2) is 5.84 Å². The van der Waals surface area contributed by atoms with E-state index in [4.69, 9.17) is 5.84 Å². The van der Waals surface area contributed by atoms with Crippen molar-refractivity contribution in [1.29, 1.82) is 0 Å². The second kappa shape index (κ2) is 7.29. The molecule has 0 aliphatic heterocycles. The molecule has 1 fully saturated rings. The van der Waals surface area contributed by atoms with Crippen LogP contribution in [-0.4, -0.2) is 11.0 Å². The maximum atomic E-state index is 11.1. The van der Waals surface area contributed by atoms with Crippen LogP contribution in [0.3, 0.4) is 0 Å². The number of carbonyl (C=O) groups is 1. The summed E-state index contributed by atoms with van der Waals surface area (Å²) < 4.78 is 0. The minimum absolute atomic E-state index is 0.128. The van der Waals surface area contributed by atoms with Gasteiger partial charge in [-0.3, -0.25) is 10.2 Å². The smallest absolute Gasteiger partial charge is 0.233 e. The van der Waals surface area contributed by atoms with Gasteiger partial charge < -0.3 is 5.11 Å². The van der Waals surface area contributed by atoms with E-state index in [0.29, 0.717) is 18.1 Å². The number of rotatable bonds is 5. The van der Waals surface area contributed by atoms with Crippen LogP contribution in [0.25, 0.3) is 0 Å². The van der Waals surface area contributed by atoms with Crippen LogP contribution >= 0.6 is 0 Å². The standard InChI is InChI=1S/C16H24N2O2/c17-18-16(20)8-4-5-12-9-10-15(19)14(11-12)13-6-2-1-3-7-13/h9-11,13,19H,1-8,17H2,(H,18,20). The van der Waals surface area contributed by atoms with Crippen molar-refractivity contribution in [2.75, 3.05) is 0 Å². The molecule has 1 aromatic carbocycles. The quantitative estimate of drug-likeness (QED) is 0.440. The first kappa shape index (κ1) is 14.9. The lowest BCUT2D eigenvalue weighted by Crippen LogP contribution is -2.29. The van der Waals surface area contributed by atoms with Crippen LogP contribution in [0.4, 0.5) is 0 Å². The van der Waals surface area contributed by atoms with E-state index in [9.17, 15) is 9.90 Å². The Morgan fingerprint density at radius 1 is 1.30 bits per heavy atom. The molecule has 1 saturated carbocycles.